The summed E-state index contributed by atoms with van der Waals surface area (Å²) in [5.41, 5.74) is 8.09. The monoisotopic (exact) mass is 426 g/mol. The van der Waals surface area contributed by atoms with Gasteiger partial charge < -0.3 is 11.1 Å². The number of hydrogen-bond acceptors (Lipinski definition) is 6. The average molecular weight is 427 g/mol. The Bertz CT molecular complexity index is 1250. The van der Waals surface area contributed by atoms with E-state index >= 15 is 0 Å². The van der Waals surface area contributed by atoms with Crippen LogP contribution in [0.15, 0.2) is 82.3 Å². The van der Waals surface area contributed by atoms with Crippen molar-refractivity contribution in [3.63, 3.8) is 0 Å². The molecule has 1 aromatic heterocycles. The van der Waals surface area contributed by atoms with E-state index in [-0.39, 0.29) is 11.2 Å². The van der Waals surface area contributed by atoms with Crippen molar-refractivity contribution in [2.24, 2.45) is 4.99 Å². The van der Waals surface area contributed by atoms with Crippen molar-refractivity contribution in [2.75, 3.05) is 17.2 Å². The van der Waals surface area contributed by atoms with E-state index in [1.54, 1.807) is 4.57 Å². The molecule has 7 nitrogen and oxygen atoms in total. The van der Waals surface area contributed by atoms with Crippen molar-refractivity contribution in [1.82, 2.24) is 14.9 Å². The molecular formula is C25H26N6O. The minimum Gasteiger partial charge on any atom is -0.392 e. The van der Waals surface area contributed by atoms with E-state index in [1.165, 1.54) is 0 Å². The highest BCUT2D eigenvalue weighted by atomic mass is 16.1. The number of allylic oxidation sites excluding steroid dienone is 1. The van der Waals surface area contributed by atoms with Crippen LogP contribution in [0.2, 0.25) is 0 Å². The summed E-state index contributed by atoms with van der Waals surface area (Å²) in [6.45, 7) is 3.45. The number of nitrogens with two attached hydrogens (primary N) is 1. The Hall–Kier alpha value is -3.87. The maximum Gasteiger partial charge on any atom is 0.278 e. The van der Waals surface area contributed by atoms with Crippen LogP contribution in [0.5, 0.6) is 0 Å². The first-order valence-electron chi connectivity index (χ1n) is 11.0. The van der Waals surface area contributed by atoms with Gasteiger partial charge in [-0.3, -0.25) is 19.3 Å². The van der Waals surface area contributed by atoms with Gasteiger partial charge in [0.2, 0.25) is 5.95 Å². The van der Waals surface area contributed by atoms with Gasteiger partial charge in [0.15, 0.2) is 5.66 Å². The van der Waals surface area contributed by atoms with Crippen LogP contribution in [0.4, 0.5) is 11.6 Å². The van der Waals surface area contributed by atoms with Crippen molar-refractivity contribution in [3.8, 4) is 11.3 Å². The largest absolute Gasteiger partial charge is 0.392 e. The van der Waals surface area contributed by atoms with Gasteiger partial charge in [0, 0.05) is 24.9 Å². The Kier molecular flexibility index (Phi) is 5.01. The maximum atomic E-state index is 13.1. The summed E-state index contributed by atoms with van der Waals surface area (Å²) in [5.74, 6) is 1.47. The number of hydrogen-bond donors (Lipinski definition) is 2. The Morgan fingerprint density at radius 2 is 1.78 bits per heavy atom. The van der Waals surface area contributed by atoms with Gasteiger partial charge in [0.1, 0.15) is 17.2 Å². The standard InChI is InChI=1S/C25H26N6O/c1-2-25(19-12-7-4-8-13-19)27-15-14-20(29-25)30-16-9-17-31-23(32)21(26)22(28-24(30)31)18-10-5-3-6-11-18/h3-8,10-15,29H,2,9,16-17,26H2,1H3. The fraction of sp³-hybridized carbons (Fsp3) is 0.240. The number of anilines is 2. The number of aliphatic imine (C=N–C) groups is 1. The molecule has 2 aliphatic heterocycles. The van der Waals surface area contributed by atoms with Gasteiger partial charge in [0.25, 0.3) is 5.56 Å². The molecule has 7 heteroatoms. The number of nitrogens with zero attached hydrogens (tertiary/aromatic N) is 4. The Labute approximate surface area is 186 Å². The highest BCUT2D eigenvalue weighted by Crippen LogP contribution is 2.33. The Morgan fingerprint density at radius 1 is 1.06 bits per heavy atom. The molecule has 0 fully saturated rings. The van der Waals surface area contributed by atoms with Crippen LogP contribution in [0, 0.1) is 0 Å². The van der Waals surface area contributed by atoms with Crippen molar-refractivity contribution < 1.29 is 0 Å². The van der Waals surface area contributed by atoms with Gasteiger partial charge in [-0.05, 0) is 24.5 Å². The van der Waals surface area contributed by atoms with Crippen molar-refractivity contribution in [3.05, 3.63) is 88.5 Å². The van der Waals surface area contributed by atoms with Gasteiger partial charge in [-0.25, -0.2) is 4.98 Å². The minimum absolute atomic E-state index is 0.182. The SMILES string of the molecule is CCC1(c2ccccc2)N=CC=C(N2CCCn3c2nc(-c2ccccc2)c(N)c3=O)N1. The van der Waals surface area contributed by atoms with Crippen molar-refractivity contribution in [1.29, 1.82) is 0 Å². The van der Waals surface area contributed by atoms with Crippen LogP contribution < -0.4 is 21.5 Å². The molecule has 1 atom stereocenters. The molecule has 2 aromatic carbocycles. The first-order chi connectivity index (χ1) is 15.6. The normalized spacial score (nSPS) is 19.8. The molecule has 0 saturated carbocycles. The van der Waals surface area contributed by atoms with E-state index in [9.17, 15) is 4.79 Å². The van der Waals surface area contributed by atoms with Crippen molar-refractivity contribution in [2.45, 2.75) is 32.0 Å². The van der Waals surface area contributed by atoms with E-state index in [1.807, 2.05) is 60.8 Å². The summed E-state index contributed by atoms with van der Waals surface area (Å²) in [6.07, 6.45) is 5.38. The molecule has 0 bridgehead atoms. The lowest BCUT2D eigenvalue weighted by Gasteiger charge is -2.40. The van der Waals surface area contributed by atoms with Crippen LogP contribution in [0.25, 0.3) is 11.3 Å². The number of fused-ring (bicyclic) bond motifs is 1. The van der Waals surface area contributed by atoms with Crippen LogP contribution >= 0.6 is 0 Å². The molecule has 0 amide bonds. The predicted molar refractivity (Wildman–Crippen MR) is 128 cm³/mol. The third-order valence-electron chi connectivity index (χ3n) is 6.15. The minimum atomic E-state index is -0.565. The highest BCUT2D eigenvalue weighted by molar-refractivity contribution is 5.77. The zero-order chi connectivity index (χ0) is 22.1. The topological polar surface area (TPSA) is 88.5 Å². The zero-order valence-corrected chi connectivity index (χ0v) is 18.0. The summed E-state index contributed by atoms with van der Waals surface area (Å²) in [7, 11) is 0. The van der Waals surface area contributed by atoms with Gasteiger partial charge in [-0.15, -0.1) is 0 Å². The molecule has 3 heterocycles. The first-order valence-corrected chi connectivity index (χ1v) is 11.0. The van der Waals surface area contributed by atoms with E-state index in [4.69, 9.17) is 15.7 Å². The van der Waals surface area contributed by atoms with Gasteiger partial charge >= 0.3 is 0 Å². The molecule has 32 heavy (non-hydrogen) atoms. The molecule has 162 valence electrons. The summed E-state index contributed by atoms with van der Waals surface area (Å²) in [5, 5.41) is 3.64. The fourth-order valence-electron chi connectivity index (χ4n) is 4.42. The average Bonchev–Trinajstić information content (AvgIpc) is 2.87. The van der Waals surface area contributed by atoms with E-state index < -0.39 is 5.66 Å². The molecule has 2 aliphatic rings. The predicted octanol–water partition coefficient (Wildman–Crippen LogP) is 3.48. The number of nitrogens with one attached hydrogen (secondary N) is 1. The van der Waals surface area contributed by atoms with Crippen LogP contribution in [0.3, 0.4) is 0 Å². The third-order valence-corrected chi connectivity index (χ3v) is 6.15. The molecule has 0 radical (unpaired) electrons. The van der Waals surface area contributed by atoms with E-state index in [0.717, 1.165) is 36.3 Å². The molecule has 1 unspecified atom stereocenters. The second-order valence-corrected chi connectivity index (χ2v) is 8.04. The third kappa shape index (κ3) is 3.26. The molecular weight excluding hydrogens is 400 g/mol. The summed E-state index contributed by atoms with van der Waals surface area (Å²) < 4.78 is 1.68. The number of benzene rings is 2. The Morgan fingerprint density at radius 3 is 2.50 bits per heavy atom. The lowest BCUT2D eigenvalue weighted by molar-refractivity contribution is 0.357. The van der Waals surface area contributed by atoms with Gasteiger partial charge in [-0.1, -0.05) is 67.6 Å². The second kappa shape index (κ2) is 8.00. The van der Waals surface area contributed by atoms with E-state index in [2.05, 4.69) is 29.3 Å². The number of rotatable bonds is 4. The van der Waals surface area contributed by atoms with Gasteiger partial charge in [-0.2, -0.15) is 0 Å². The molecule has 5 rings (SSSR count). The maximum absolute atomic E-state index is 13.1. The summed E-state index contributed by atoms with van der Waals surface area (Å²) in [4.78, 5) is 24.9. The zero-order valence-electron chi connectivity index (χ0n) is 18.0. The lowest BCUT2D eigenvalue weighted by atomic mass is 9.96. The second-order valence-electron chi connectivity index (χ2n) is 8.04. The van der Waals surface area contributed by atoms with Crippen LogP contribution in [-0.2, 0) is 12.2 Å². The molecule has 3 N–H and O–H groups in total. The smallest absolute Gasteiger partial charge is 0.278 e. The van der Waals surface area contributed by atoms with Crippen LogP contribution in [-0.4, -0.2) is 22.3 Å². The van der Waals surface area contributed by atoms with Gasteiger partial charge in [0.05, 0.1) is 0 Å². The first kappa shape index (κ1) is 20.1. The summed E-state index contributed by atoms with van der Waals surface area (Å²) >= 11 is 0. The number of aromatic nitrogens is 2. The number of nitrogen functional groups attached to an aromatic ring is 1. The Balaban J connectivity index is 1.59. The molecule has 0 aliphatic carbocycles. The molecule has 0 saturated heterocycles. The van der Waals surface area contributed by atoms with Crippen molar-refractivity contribution >= 4 is 17.9 Å². The lowest BCUT2D eigenvalue weighted by Crippen LogP contribution is -2.49. The highest BCUT2D eigenvalue weighted by Gasteiger charge is 2.35. The fourth-order valence-corrected chi connectivity index (χ4v) is 4.42. The quantitative estimate of drug-likeness (QED) is 0.667. The molecule has 3 aromatic rings. The van der Waals surface area contributed by atoms with Crippen LogP contribution in [0.1, 0.15) is 25.3 Å². The molecule has 0 spiro atoms. The summed E-state index contributed by atoms with van der Waals surface area (Å²) in [6, 6.07) is 19.8. The van der Waals surface area contributed by atoms with E-state index in [0.29, 0.717) is 18.2 Å².